The van der Waals surface area contributed by atoms with Crippen LogP contribution < -0.4 is 21.3 Å². The van der Waals surface area contributed by atoms with Crippen molar-refractivity contribution in [2.75, 3.05) is 17.2 Å². The highest BCUT2D eigenvalue weighted by Crippen LogP contribution is 2.49. The van der Waals surface area contributed by atoms with Crippen molar-refractivity contribution in [3.05, 3.63) is 35.7 Å². The number of aromatic nitrogens is 2. The fraction of sp³-hybridized carbons (Fsp3) is 0.381. The van der Waals surface area contributed by atoms with E-state index in [0.29, 0.717) is 0 Å². The molecule has 2 fully saturated rings. The molecule has 3 atom stereocenters. The maximum Gasteiger partial charge on any atom is 0.328 e. The third-order valence-electron chi connectivity index (χ3n) is 6.41. The number of halogens is 2. The maximum atomic E-state index is 15.6. The van der Waals surface area contributed by atoms with E-state index in [1.165, 1.54) is 23.4 Å². The average molecular weight is 458 g/mol. The lowest BCUT2D eigenvalue weighted by Crippen LogP contribution is -2.75. The van der Waals surface area contributed by atoms with E-state index in [9.17, 15) is 14.4 Å². The molecular weight excluding hydrogens is 438 g/mol. The van der Waals surface area contributed by atoms with Gasteiger partial charge < -0.3 is 15.4 Å². The summed E-state index contributed by atoms with van der Waals surface area (Å²) in [6, 6.07) is -0.549. The van der Waals surface area contributed by atoms with Crippen LogP contribution in [0.5, 0.6) is 0 Å². The summed E-state index contributed by atoms with van der Waals surface area (Å²) in [5.41, 5.74) is 3.77. The van der Waals surface area contributed by atoms with Crippen molar-refractivity contribution in [2.24, 2.45) is 5.41 Å². The Bertz CT molecular complexity index is 1180. The number of benzene rings is 1. The lowest BCUT2D eigenvalue weighted by Gasteiger charge is -2.55. The summed E-state index contributed by atoms with van der Waals surface area (Å²) in [7, 11) is 0. The summed E-state index contributed by atoms with van der Waals surface area (Å²) in [4.78, 5) is 47.5. The van der Waals surface area contributed by atoms with Crippen LogP contribution in [0.2, 0.25) is 0 Å². The van der Waals surface area contributed by atoms with Crippen LogP contribution in [0.3, 0.4) is 0 Å². The molecule has 4 amide bonds. The SMILES string of the molecule is C[C@@H]1CN2c3c(cc(-c4cnc(N)cn4)c(F)c3F)CC3(C(=O)NC(=O)NC3=O)[C@H]2[C@H](C)O1. The van der Waals surface area contributed by atoms with Crippen molar-refractivity contribution < 1.29 is 27.9 Å². The Morgan fingerprint density at radius 3 is 2.45 bits per heavy atom. The molecule has 1 aromatic carbocycles. The largest absolute Gasteiger partial charge is 0.382 e. The number of urea groups is 1. The van der Waals surface area contributed by atoms with Gasteiger partial charge in [-0.15, -0.1) is 0 Å². The standard InChI is InChI=1S/C21H20F2N6O4/c1-8-7-29-16-10(3-11(14(22)15(16)23)12-5-26-13(24)6-25-12)4-21(17(29)9(2)33-8)18(30)27-20(32)28-19(21)31/h3,5-6,8-9,17H,4,7H2,1-2H3,(H2,24,26)(H2,27,28,30,31,32)/t8-,9+,17-/m1/s1. The number of fused-ring (bicyclic) bond motifs is 4. The third kappa shape index (κ3) is 2.97. The van der Waals surface area contributed by atoms with E-state index in [0.717, 1.165) is 0 Å². The number of anilines is 2. The molecule has 4 N–H and O–H groups in total. The fourth-order valence-corrected chi connectivity index (χ4v) is 5.20. The van der Waals surface area contributed by atoms with Crippen LogP contribution >= 0.6 is 0 Å². The van der Waals surface area contributed by atoms with Gasteiger partial charge in [0, 0.05) is 18.5 Å². The molecule has 12 heteroatoms. The molecule has 5 rings (SSSR count). The smallest absolute Gasteiger partial charge is 0.328 e. The third-order valence-corrected chi connectivity index (χ3v) is 6.41. The molecule has 0 unspecified atom stereocenters. The summed E-state index contributed by atoms with van der Waals surface area (Å²) in [6.07, 6.45) is 1.06. The van der Waals surface area contributed by atoms with E-state index in [4.69, 9.17) is 10.5 Å². The van der Waals surface area contributed by atoms with Crippen LogP contribution in [0, 0.1) is 17.0 Å². The Balaban J connectivity index is 1.74. The molecule has 2 aromatic rings. The second-order valence-corrected chi connectivity index (χ2v) is 8.52. The van der Waals surface area contributed by atoms with Gasteiger partial charge in [-0.2, -0.15) is 0 Å². The minimum absolute atomic E-state index is 0.0380. The van der Waals surface area contributed by atoms with Gasteiger partial charge in [-0.05, 0) is 25.5 Å². The minimum Gasteiger partial charge on any atom is -0.382 e. The first-order valence-corrected chi connectivity index (χ1v) is 10.3. The molecule has 0 radical (unpaired) electrons. The highest BCUT2D eigenvalue weighted by atomic mass is 19.2. The van der Waals surface area contributed by atoms with E-state index in [1.54, 1.807) is 13.8 Å². The molecule has 0 bridgehead atoms. The van der Waals surface area contributed by atoms with E-state index in [1.807, 2.05) is 0 Å². The van der Waals surface area contributed by atoms with E-state index < -0.39 is 47.0 Å². The van der Waals surface area contributed by atoms with Crippen molar-refractivity contribution in [1.82, 2.24) is 20.6 Å². The Labute approximate surface area is 186 Å². The molecule has 1 spiro atoms. The zero-order valence-electron chi connectivity index (χ0n) is 17.7. The zero-order chi connectivity index (χ0) is 23.7. The molecule has 172 valence electrons. The van der Waals surface area contributed by atoms with Gasteiger partial charge in [-0.1, -0.05) is 0 Å². The number of ether oxygens (including phenoxy) is 1. The number of carbonyl (C=O) groups excluding carboxylic acids is 3. The van der Waals surface area contributed by atoms with Gasteiger partial charge in [0.15, 0.2) is 17.0 Å². The maximum absolute atomic E-state index is 15.6. The van der Waals surface area contributed by atoms with E-state index >= 15 is 8.78 Å². The molecule has 33 heavy (non-hydrogen) atoms. The highest BCUT2D eigenvalue weighted by Gasteiger charge is 2.63. The van der Waals surface area contributed by atoms with Crippen molar-refractivity contribution >= 4 is 29.4 Å². The first-order valence-electron chi connectivity index (χ1n) is 10.3. The highest BCUT2D eigenvalue weighted by molar-refractivity contribution is 6.20. The van der Waals surface area contributed by atoms with Gasteiger partial charge in [0.05, 0.1) is 42.0 Å². The average Bonchev–Trinajstić information content (AvgIpc) is 2.74. The quantitative estimate of drug-likeness (QED) is 0.536. The van der Waals surface area contributed by atoms with Crippen LogP contribution in [0.4, 0.5) is 25.1 Å². The molecule has 4 heterocycles. The van der Waals surface area contributed by atoms with E-state index in [-0.39, 0.29) is 47.4 Å². The number of imide groups is 2. The number of nitrogens with zero attached hydrogens (tertiary/aromatic N) is 3. The molecule has 0 aliphatic carbocycles. The number of rotatable bonds is 1. The number of nitrogens with two attached hydrogens (primary N) is 1. The molecule has 10 nitrogen and oxygen atoms in total. The molecule has 2 saturated heterocycles. The molecule has 1 aromatic heterocycles. The topological polar surface area (TPSA) is 140 Å². The Hall–Kier alpha value is -3.67. The molecule has 3 aliphatic heterocycles. The first-order chi connectivity index (χ1) is 15.6. The summed E-state index contributed by atoms with van der Waals surface area (Å²) in [6.45, 7) is 3.52. The Kier molecular flexibility index (Phi) is 4.60. The van der Waals surface area contributed by atoms with Crippen LogP contribution in [0.1, 0.15) is 19.4 Å². The van der Waals surface area contributed by atoms with Gasteiger partial charge in [-0.3, -0.25) is 25.2 Å². The summed E-state index contributed by atoms with van der Waals surface area (Å²) in [5.74, 6) is -3.80. The normalized spacial score (nSPS) is 25.9. The number of carbonyl (C=O) groups is 3. The van der Waals surface area contributed by atoms with Gasteiger partial charge in [0.1, 0.15) is 5.82 Å². The van der Waals surface area contributed by atoms with E-state index in [2.05, 4.69) is 20.6 Å². The summed E-state index contributed by atoms with van der Waals surface area (Å²) >= 11 is 0. The van der Waals surface area contributed by atoms with Crippen molar-refractivity contribution in [3.8, 4) is 11.3 Å². The van der Waals surface area contributed by atoms with Crippen molar-refractivity contribution in [1.29, 1.82) is 0 Å². The monoisotopic (exact) mass is 458 g/mol. The molecule has 3 aliphatic rings. The number of barbiturate groups is 1. The van der Waals surface area contributed by atoms with Gasteiger partial charge in [0.2, 0.25) is 11.8 Å². The Morgan fingerprint density at radius 2 is 1.82 bits per heavy atom. The number of hydrogen-bond acceptors (Lipinski definition) is 8. The molecular formula is C21H20F2N6O4. The first kappa shape index (κ1) is 21.2. The van der Waals surface area contributed by atoms with Gasteiger partial charge >= 0.3 is 6.03 Å². The number of nitrogen functional groups attached to an aromatic ring is 1. The lowest BCUT2D eigenvalue weighted by molar-refractivity contribution is -0.153. The summed E-state index contributed by atoms with van der Waals surface area (Å²) in [5, 5.41) is 4.30. The Morgan fingerprint density at radius 1 is 1.12 bits per heavy atom. The number of amides is 4. The fourth-order valence-electron chi connectivity index (χ4n) is 5.20. The lowest BCUT2D eigenvalue weighted by atomic mass is 9.66. The van der Waals surface area contributed by atoms with Gasteiger partial charge in [-0.25, -0.2) is 18.6 Å². The van der Waals surface area contributed by atoms with Crippen LogP contribution in [0.25, 0.3) is 11.3 Å². The van der Waals surface area contributed by atoms with Crippen LogP contribution in [-0.2, 0) is 20.7 Å². The number of hydrogen-bond donors (Lipinski definition) is 3. The number of nitrogens with one attached hydrogen (secondary N) is 2. The minimum atomic E-state index is -1.80. The van der Waals surface area contributed by atoms with Crippen molar-refractivity contribution in [2.45, 2.75) is 38.5 Å². The summed E-state index contributed by atoms with van der Waals surface area (Å²) < 4.78 is 36.7. The van der Waals surface area contributed by atoms with Crippen molar-refractivity contribution in [3.63, 3.8) is 0 Å². The van der Waals surface area contributed by atoms with Crippen LogP contribution in [0.15, 0.2) is 18.5 Å². The van der Waals surface area contributed by atoms with Crippen LogP contribution in [-0.4, -0.2) is 52.6 Å². The predicted molar refractivity (Wildman–Crippen MR) is 111 cm³/mol. The molecule has 0 saturated carbocycles. The zero-order valence-corrected chi connectivity index (χ0v) is 17.7. The second kappa shape index (κ2) is 7.17. The second-order valence-electron chi connectivity index (χ2n) is 8.52. The predicted octanol–water partition coefficient (Wildman–Crippen LogP) is 0.895. The number of morpholine rings is 1. The van der Waals surface area contributed by atoms with Gasteiger partial charge in [0.25, 0.3) is 0 Å².